The number of hydrogen-bond acceptors (Lipinski definition) is 8. The number of furan rings is 1. The molecule has 0 radical (unpaired) electrons. The van der Waals surface area contributed by atoms with E-state index in [1.807, 2.05) is 24.3 Å². The fraction of sp³-hybridized carbons (Fsp3) is 0.286. The van der Waals surface area contributed by atoms with Gasteiger partial charge >= 0.3 is 0 Å². The molecule has 2 fully saturated rings. The maximum Gasteiger partial charge on any atom is 0.300 e. The number of piperazine rings is 1. The molecule has 3 heterocycles. The van der Waals surface area contributed by atoms with Crippen LogP contribution in [0.25, 0.3) is 5.76 Å². The molecule has 9 nitrogen and oxygen atoms in total. The Balaban J connectivity index is 1.55. The highest BCUT2D eigenvalue weighted by Gasteiger charge is 2.48. The lowest BCUT2D eigenvalue weighted by atomic mass is 9.99. The van der Waals surface area contributed by atoms with E-state index in [1.54, 1.807) is 30.3 Å². The molecule has 3 aromatic rings. The average Bonchev–Trinajstić information content (AvgIpc) is 3.55. The Morgan fingerprint density at radius 3 is 2.22 bits per heavy atom. The zero-order valence-electron chi connectivity index (χ0n) is 21.0. The number of amides is 1. The molecule has 0 saturated carbocycles. The molecule has 2 aromatic carbocycles. The van der Waals surface area contributed by atoms with E-state index in [4.69, 9.17) is 13.9 Å². The van der Waals surface area contributed by atoms with Crippen molar-refractivity contribution in [3.05, 3.63) is 77.8 Å². The van der Waals surface area contributed by atoms with Crippen molar-refractivity contribution in [3.8, 4) is 11.5 Å². The number of aliphatic hydroxyl groups excluding tert-OH is 1. The second kappa shape index (κ2) is 10.0. The van der Waals surface area contributed by atoms with E-state index in [2.05, 4.69) is 16.8 Å². The van der Waals surface area contributed by atoms with Crippen LogP contribution in [0.3, 0.4) is 0 Å². The van der Waals surface area contributed by atoms with E-state index >= 15 is 0 Å². The molecule has 0 aliphatic carbocycles. The van der Waals surface area contributed by atoms with Gasteiger partial charge in [-0.05, 0) is 61.6 Å². The summed E-state index contributed by atoms with van der Waals surface area (Å²) in [6, 6.07) is 14.8. The van der Waals surface area contributed by atoms with Gasteiger partial charge in [0.25, 0.3) is 11.7 Å². The molecule has 1 N–H and O–H groups in total. The third kappa shape index (κ3) is 4.42. The fourth-order valence-electron chi connectivity index (χ4n) is 4.84. The van der Waals surface area contributed by atoms with Crippen LogP contribution < -0.4 is 19.3 Å². The molecule has 2 aliphatic rings. The van der Waals surface area contributed by atoms with Crippen molar-refractivity contribution in [2.75, 3.05) is 57.2 Å². The standard InChI is InChI=1S/C28H29N3O6/c1-29-12-14-30(15-13-29)19-7-9-20(10-8-19)31-25(22-5-4-16-37-22)24(27(33)28(31)34)26(32)18-6-11-21(35-2)23(17-18)36-3/h4-11,16-17,25,32H,12-15H2,1-3H3/b26-24-. The van der Waals surface area contributed by atoms with Gasteiger partial charge in [0.2, 0.25) is 0 Å². The van der Waals surface area contributed by atoms with Crippen molar-refractivity contribution in [1.29, 1.82) is 0 Å². The highest BCUT2D eigenvalue weighted by atomic mass is 16.5. The number of ether oxygens (including phenoxy) is 2. The molecule has 192 valence electrons. The summed E-state index contributed by atoms with van der Waals surface area (Å²) in [5.41, 5.74) is 1.84. The number of likely N-dealkylation sites (N-methyl/N-ethyl adjacent to an activating group) is 1. The van der Waals surface area contributed by atoms with Crippen molar-refractivity contribution < 1.29 is 28.6 Å². The first-order chi connectivity index (χ1) is 17.9. The predicted molar refractivity (Wildman–Crippen MR) is 139 cm³/mol. The second-order valence-electron chi connectivity index (χ2n) is 9.06. The second-order valence-corrected chi connectivity index (χ2v) is 9.06. The van der Waals surface area contributed by atoms with Gasteiger partial charge in [0.05, 0.1) is 26.1 Å². The molecule has 1 aromatic heterocycles. The zero-order valence-corrected chi connectivity index (χ0v) is 21.0. The Labute approximate surface area is 215 Å². The van der Waals surface area contributed by atoms with Crippen LogP contribution in [0.15, 0.2) is 70.9 Å². The summed E-state index contributed by atoms with van der Waals surface area (Å²) in [7, 11) is 5.10. The van der Waals surface area contributed by atoms with E-state index in [0.29, 0.717) is 28.5 Å². The largest absolute Gasteiger partial charge is 0.507 e. The van der Waals surface area contributed by atoms with Gasteiger partial charge in [-0.15, -0.1) is 0 Å². The third-order valence-corrected chi connectivity index (χ3v) is 6.91. The number of nitrogens with zero attached hydrogens (tertiary/aromatic N) is 3. The van der Waals surface area contributed by atoms with E-state index < -0.39 is 17.7 Å². The Kier molecular flexibility index (Phi) is 6.62. The van der Waals surface area contributed by atoms with Crippen LogP contribution in [0, 0.1) is 0 Å². The van der Waals surface area contributed by atoms with Crippen molar-refractivity contribution in [3.63, 3.8) is 0 Å². The van der Waals surface area contributed by atoms with E-state index in [0.717, 1.165) is 31.9 Å². The number of aliphatic hydroxyl groups is 1. The monoisotopic (exact) mass is 503 g/mol. The van der Waals surface area contributed by atoms with Gasteiger partial charge in [-0.1, -0.05) is 0 Å². The SMILES string of the molecule is COc1ccc(/C(O)=C2/C(=O)C(=O)N(c3ccc(N4CCN(C)CC4)cc3)C2c2ccco2)cc1OC. The topological polar surface area (TPSA) is 95.7 Å². The zero-order chi connectivity index (χ0) is 26.1. The lowest BCUT2D eigenvalue weighted by Gasteiger charge is -2.34. The molecule has 2 saturated heterocycles. The van der Waals surface area contributed by atoms with Gasteiger partial charge < -0.3 is 28.8 Å². The molecule has 5 rings (SSSR count). The summed E-state index contributed by atoms with van der Waals surface area (Å²) < 4.78 is 16.3. The van der Waals surface area contributed by atoms with Gasteiger partial charge in [0, 0.05) is 43.1 Å². The number of benzene rings is 2. The first-order valence-corrected chi connectivity index (χ1v) is 12.0. The van der Waals surface area contributed by atoms with Gasteiger partial charge in [0.1, 0.15) is 17.6 Å². The van der Waals surface area contributed by atoms with E-state index in [-0.39, 0.29) is 11.3 Å². The Bertz CT molecular complexity index is 1320. The summed E-state index contributed by atoms with van der Waals surface area (Å²) in [6.07, 6.45) is 1.47. The predicted octanol–water partition coefficient (Wildman–Crippen LogP) is 3.67. The molecule has 37 heavy (non-hydrogen) atoms. The van der Waals surface area contributed by atoms with Gasteiger partial charge in [-0.25, -0.2) is 0 Å². The normalized spacial score (nSPS) is 19.9. The van der Waals surface area contributed by atoms with Gasteiger partial charge in [0.15, 0.2) is 11.5 Å². The van der Waals surface area contributed by atoms with Gasteiger partial charge in [-0.2, -0.15) is 0 Å². The van der Waals surface area contributed by atoms with Crippen LogP contribution >= 0.6 is 0 Å². The maximum absolute atomic E-state index is 13.3. The van der Waals surface area contributed by atoms with Crippen LogP contribution in [0.4, 0.5) is 11.4 Å². The first-order valence-electron chi connectivity index (χ1n) is 12.0. The van der Waals surface area contributed by atoms with Crippen molar-refractivity contribution in [2.45, 2.75) is 6.04 Å². The smallest absolute Gasteiger partial charge is 0.300 e. The Hall–Kier alpha value is -4.24. The van der Waals surface area contributed by atoms with E-state index in [9.17, 15) is 14.7 Å². The number of Topliss-reactive ketones (excluding diaryl/α,β-unsaturated/α-hetero) is 1. The number of ketones is 1. The number of carbonyl (C=O) groups excluding carboxylic acids is 2. The number of hydrogen-bond donors (Lipinski definition) is 1. The van der Waals surface area contributed by atoms with Crippen molar-refractivity contribution in [2.24, 2.45) is 0 Å². The summed E-state index contributed by atoms with van der Waals surface area (Å²) in [5.74, 6) is -0.633. The summed E-state index contributed by atoms with van der Waals surface area (Å²) >= 11 is 0. The number of rotatable bonds is 6. The lowest BCUT2D eigenvalue weighted by Crippen LogP contribution is -2.44. The minimum absolute atomic E-state index is 0.0599. The summed E-state index contributed by atoms with van der Waals surface area (Å²) in [6.45, 7) is 3.78. The van der Waals surface area contributed by atoms with Gasteiger partial charge in [-0.3, -0.25) is 14.5 Å². The molecular formula is C28H29N3O6. The highest BCUT2D eigenvalue weighted by molar-refractivity contribution is 6.51. The highest BCUT2D eigenvalue weighted by Crippen LogP contribution is 2.43. The minimum atomic E-state index is -0.933. The summed E-state index contributed by atoms with van der Waals surface area (Å²) in [5, 5.41) is 11.3. The fourth-order valence-corrected chi connectivity index (χ4v) is 4.84. The molecule has 2 aliphatic heterocycles. The van der Waals surface area contributed by atoms with E-state index in [1.165, 1.54) is 25.4 Å². The lowest BCUT2D eigenvalue weighted by molar-refractivity contribution is -0.132. The Morgan fingerprint density at radius 1 is 0.919 bits per heavy atom. The third-order valence-electron chi connectivity index (χ3n) is 6.91. The molecule has 1 amide bonds. The quantitative estimate of drug-likeness (QED) is 0.309. The molecule has 0 spiro atoms. The number of anilines is 2. The van der Waals surface area contributed by atoms with Crippen LogP contribution in [-0.2, 0) is 9.59 Å². The minimum Gasteiger partial charge on any atom is -0.507 e. The molecule has 1 unspecified atom stereocenters. The Morgan fingerprint density at radius 2 is 1.59 bits per heavy atom. The average molecular weight is 504 g/mol. The van der Waals surface area contributed by atoms with Crippen molar-refractivity contribution in [1.82, 2.24) is 4.90 Å². The molecule has 1 atom stereocenters. The van der Waals surface area contributed by atoms with Crippen LogP contribution in [0.2, 0.25) is 0 Å². The summed E-state index contributed by atoms with van der Waals surface area (Å²) in [4.78, 5) is 32.6. The molecule has 9 heteroatoms. The first kappa shape index (κ1) is 24.5. The molecular weight excluding hydrogens is 474 g/mol. The number of carbonyl (C=O) groups is 2. The van der Waals surface area contributed by atoms with Crippen LogP contribution in [-0.4, -0.2) is 69.1 Å². The maximum atomic E-state index is 13.3. The molecule has 0 bridgehead atoms. The van der Waals surface area contributed by atoms with Crippen molar-refractivity contribution >= 4 is 28.8 Å². The number of methoxy groups -OCH3 is 2. The van der Waals surface area contributed by atoms with Crippen LogP contribution in [0.5, 0.6) is 11.5 Å². The van der Waals surface area contributed by atoms with Crippen LogP contribution in [0.1, 0.15) is 17.4 Å².